The fourth-order valence-corrected chi connectivity index (χ4v) is 5.18. The number of hydrogen-bond acceptors (Lipinski definition) is 5. The number of amides is 1. The fraction of sp³-hybridized carbons (Fsp3) is 0.407. The molecule has 2 aliphatic heterocycles. The first-order valence-corrected chi connectivity index (χ1v) is 12.4. The van der Waals surface area contributed by atoms with Gasteiger partial charge in [-0.3, -0.25) is 9.78 Å². The monoisotopic (exact) mass is 492 g/mol. The first kappa shape index (κ1) is 22.4. The predicted molar refractivity (Wildman–Crippen MR) is 136 cm³/mol. The summed E-state index contributed by atoms with van der Waals surface area (Å²) in [5.41, 5.74) is 5.86. The first-order chi connectivity index (χ1) is 16.8. The van der Waals surface area contributed by atoms with Crippen LogP contribution in [0.1, 0.15) is 48.3 Å². The Morgan fingerprint density at radius 2 is 2.11 bits per heavy atom. The smallest absolute Gasteiger partial charge is 0.255 e. The lowest BCUT2D eigenvalue weighted by Crippen LogP contribution is -2.50. The van der Waals surface area contributed by atoms with Crippen molar-refractivity contribution >= 4 is 28.9 Å². The molecule has 1 saturated heterocycles. The zero-order chi connectivity index (χ0) is 24.4. The van der Waals surface area contributed by atoms with E-state index >= 15 is 0 Å². The molecule has 2 aromatic heterocycles. The van der Waals surface area contributed by atoms with Crippen LogP contribution in [0.4, 0.5) is 11.4 Å². The average molecular weight is 493 g/mol. The topological polar surface area (TPSA) is 88.3 Å². The third-order valence-electron chi connectivity index (χ3n) is 7.70. The molecule has 8 heteroatoms. The van der Waals surface area contributed by atoms with E-state index in [0.29, 0.717) is 29.5 Å². The molecule has 0 unspecified atom stereocenters. The molecule has 182 valence electrons. The molecule has 1 aliphatic carbocycles. The molecule has 7 nitrogen and oxygen atoms in total. The SMILES string of the molecule is Cc1c(Cl)cccc1Nc1c(-c2ccncc2OC[C@@H]2OCC2(C)C)[nH]c2c1C(=O)NCC21CC1. The summed E-state index contributed by atoms with van der Waals surface area (Å²) >= 11 is 6.41. The number of aromatic nitrogens is 2. The molecule has 4 heterocycles. The van der Waals surface area contributed by atoms with Crippen LogP contribution in [-0.4, -0.2) is 41.7 Å². The number of rotatable bonds is 6. The second-order valence-electron chi connectivity index (χ2n) is 10.6. The third-order valence-corrected chi connectivity index (χ3v) is 8.11. The summed E-state index contributed by atoms with van der Waals surface area (Å²) < 4.78 is 12.0. The van der Waals surface area contributed by atoms with Crippen molar-refractivity contribution in [3.8, 4) is 17.0 Å². The lowest BCUT2D eigenvalue weighted by atomic mass is 9.83. The van der Waals surface area contributed by atoms with Gasteiger partial charge in [-0.15, -0.1) is 0 Å². The Morgan fingerprint density at radius 1 is 1.29 bits per heavy atom. The van der Waals surface area contributed by atoms with Gasteiger partial charge in [-0.1, -0.05) is 31.5 Å². The summed E-state index contributed by atoms with van der Waals surface area (Å²) in [7, 11) is 0. The number of aromatic amines is 1. The molecule has 1 aromatic carbocycles. The summed E-state index contributed by atoms with van der Waals surface area (Å²) in [5, 5.41) is 7.30. The highest BCUT2D eigenvalue weighted by atomic mass is 35.5. The number of halogens is 1. The summed E-state index contributed by atoms with van der Waals surface area (Å²) in [6, 6.07) is 7.66. The van der Waals surface area contributed by atoms with E-state index in [1.54, 1.807) is 12.4 Å². The number of nitrogens with one attached hydrogen (secondary N) is 3. The van der Waals surface area contributed by atoms with Gasteiger partial charge in [0.15, 0.2) is 0 Å². The molecule has 0 radical (unpaired) electrons. The van der Waals surface area contributed by atoms with E-state index in [-0.39, 0.29) is 22.8 Å². The maximum absolute atomic E-state index is 13.2. The normalized spacial score (nSPS) is 21.1. The number of hydrogen-bond donors (Lipinski definition) is 3. The van der Waals surface area contributed by atoms with Gasteiger partial charge in [0.05, 0.1) is 35.9 Å². The van der Waals surface area contributed by atoms with Gasteiger partial charge < -0.3 is 25.1 Å². The fourth-order valence-electron chi connectivity index (χ4n) is 5.01. The van der Waals surface area contributed by atoms with Crippen LogP contribution in [-0.2, 0) is 10.2 Å². The van der Waals surface area contributed by atoms with E-state index in [4.69, 9.17) is 21.1 Å². The Balaban J connectivity index is 1.45. The molecule has 35 heavy (non-hydrogen) atoms. The van der Waals surface area contributed by atoms with Crippen LogP contribution < -0.4 is 15.4 Å². The number of H-pyrrole nitrogens is 1. The van der Waals surface area contributed by atoms with Gasteiger partial charge in [0, 0.05) is 45.5 Å². The highest BCUT2D eigenvalue weighted by Crippen LogP contribution is 2.54. The number of pyridine rings is 1. The van der Waals surface area contributed by atoms with E-state index in [0.717, 1.165) is 53.3 Å². The molecular weight excluding hydrogens is 464 g/mol. The van der Waals surface area contributed by atoms with Gasteiger partial charge in [-0.25, -0.2) is 0 Å². The van der Waals surface area contributed by atoms with Crippen LogP contribution in [0.2, 0.25) is 5.02 Å². The number of carbonyl (C=O) groups is 1. The first-order valence-electron chi connectivity index (χ1n) is 12.0. The molecule has 1 spiro atoms. The van der Waals surface area contributed by atoms with Gasteiger partial charge in [0.2, 0.25) is 0 Å². The standard InChI is InChI=1S/C27H29ClN4O3/c1-15-17(28)5-4-6-18(15)31-23-21-24(27(8-9-27)13-30-25(21)33)32-22(23)16-7-10-29-11-19(16)34-12-20-26(2,3)14-35-20/h4-7,10-11,20,31-32H,8-9,12-14H2,1-3H3,(H,30,33)/t20-/m0/s1. The van der Waals surface area contributed by atoms with Crippen molar-refractivity contribution in [2.24, 2.45) is 5.41 Å². The maximum atomic E-state index is 13.2. The number of fused-ring (bicyclic) bond motifs is 2. The van der Waals surface area contributed by atoms with Crippen molar-refractivity contribution in [3.05, 3.63) is 58.5 Å². The van der Waals surface area contributed by atoms with Gasteiger partial charge >= 0.3 is 0 Å². The minimum atomic E-state index is -0.0802. The minimum absolute atomic E-state index is 0.0274. The Labute approximate surface area is 209 Å². The number of nitrogens with zero attached hydrogens (tertiary/aromatic N) is 1. The Morgan fingerprint density at radius 3 is 2.83 bits per heavy atom. The quantitative estimate of drug-likeness (QED) is 0.431. The molecule has 1 atom stereocenters. The predicted octanol–water partition coefficient (Wildman–Crippen LogP) is 5.36. The van der Waals surface area contributed by atoms with Crippen molar-refractivity contribution in [1.29, 1.82) is 0 Å². The summed E-state index contributed by atoms with van der Waals surface area (Å²) in [6.45, 7) is 8.14. The van der Waals surface area contributed by atoms with Crippen molar-refractivity contribution in [2.45, 2.75) is 45.1 Å². The van der Waals surface area contributed by atoms with E-state index in [9.17, 15) is 4.79 Å². The molecule has 1 amide bonds. The molecule has 3 N–H and O–H groups in total. The van der Waals surface area contributed by atoms with Crippen molar-refractivity contribution in [1.82, 2.24) is 15.3 Å². The van der Waals surface area contributed by atoms with Crippen LogP contribution in [0, 0.1) is 12.3 Å². The van der Waals surface area contributed by atoms with Gasteiger partial charge in [-0.2, -0.15) is 0 Å². The zero-order valence-electron chi connectivity index (χ0n) is 20.1. The molecule has 3 aliphatic rings. The molecule has 3 aromatic rings. The maximum Gasteiger partial charge on any atom is 0.255 e. The zero-order valence-corrected chi connectivity index (χ0v) is 20.9. The van der Waals surface area contributed by atoms with E-state index in [1.807, 2.05) is 31.2 Å². The van der Waals surface area contributed by atoms with Crippen molar-refractivity contribution in [2.75, 3.05) is 25.1 Å². The summed E-state index contributed by atoms with van der Waals surface area (Å²) in [4.78, 5) is 21.1. The molecule has 1 saturated carbocycles. The summed E-state index contributed by atoms with van der Waals surface area (Å²) in [5.74, 6) is 0.567. The Bertz CT molecular complexity index is 1330. The largest absolute Gasteiger partial charge is 0.489 e. The van der Waals surface area contributed by atoms with Crippen LogP contribution in [0.5, 0.6) is 5.75 Å². The van der Waals surface area contributed by atoms with E-state index < -0.39 is 0 Å². The number of carbonyl (C=O) groups excluding carboxylic acids is 1. The highest BCUT2D eigenvalue weighted by Gasteiger charge is 2.51. The second-order valence-corrected chi connectivity index (χ2v) is 11.0. The van der Waals surface area contributed by atoms with Crippen molar-refractivity contribution < 1.29 is 14.3 Å². The number of benzene rings is 1. The van der Waals surface area contributed by atoms with E-state index in [1.165, 1.54) is 0 Å². The lowest BCUT2D eigenvalue weighted by Gasteiger charge is -2.43. The highest BCUT2D eigenvalue weighted by molar-refractivity contribution is 6.31. The average Bonchev–Trinajstić information content (AvgIpc) is 3.52. The van der Waals surface area contributed by atoms with Crippen LogP contribution >= 0.6 is 11.6 Å². The number of anilines is 2. The van der Waals surface area contributed by atoms with Crippen LogP contribution in [0.3, 0.4) is 0 Å². The molecule has 2 fully saturated rings. The number of ether oxygens (including phenoxy) is 2. The Hall–Kier alpha value is -3.03. The summed E-state index contributed by atoms with van der Waals surface area (Å²) in [6.07, 6.45) is 5.59. The van der Waals surface area contributed by atoms with Crippen molar-refractivity contribution in [3.63, 3.8) is 0 Å². The molecular formula is C27H29ClN4O3. The second kappa shape index (κ2) is 8.00. The van der Waals surface area contributed by atoms with E-state index in [2.05, 4.69) is 34.4 Å². The minimum Gasteiger partial charge on any atom is -0.489 e. The van der Waals surface area contributed by atoms with Gasteiger partial charge in [0.25, 0.3) is 5.91 Å². The molecule has 0 bridgehead atoms. The third kappa shape index (κ3) is 3.69. The Kier molecular flexibility index (Phi) is 5.13. The van der Waals surface area contributed by atoms with Crippen LogP contribution in [0.15, 0.2) is 36.7 Å². The molecule has 6 rings (SSSR count). The lowest BCUT2D eigenvalue weighted by molar-refractivity contribution is -0.180. The van der Waals surface area contributed by atoms with Gasteiger partial charge in [0.1, 0.15) is 12.4 Å². The van der Waals surface area contributed by atoms with Crippen LogP contribution in [0.25, 0.3) is 11.3 Å². The van der Waals surface area contributed by atoms with Gasteiger partial charge in [-0.05, 0) is 43.5 Å².